The van der Waals surface area contributed by atoms with Crippen LogP contribution in [0, 0.1) is 5.41 Å². The van der Waals surface area contributed by atoms with Crippen LogP contribution in [-0.4, -0.2) is 12.5 Å². The lowest BCUT2D eigenvalue weighted by Crippen LogP contribution is -2.29. The number of benzene rings is 1. The minimum Gasteiger partial charge on any atom is -0.330 e. The Morgan fingerprint density at radius 3 is 2.78 bits per heavy atom. The predicted octanol–water partition coefficient (Wildman–Crippen LogP) is 2.49. The van der Waals surface area contributed by atoms with Crippen molar-refractivity contribution in [3.63, 3.8) is 0 Å². The fraction of sp³-hybridized carbons (Fsp3) is 0.533. The maximum absolute atomic E-state index is 11.9. The molecule has 0 unspecified atom stereocenters. The van der Waals surface area contributed by atoms with E-state index in [9.17, 15) is 4.79 Å². The van der Waals surface area contributed by atoms with Crippen molar-refractivity contribution in [3.8, 4) is 0 Å². The second kappa shape index (κ2) is 5.11. The molecule has 2 rings (SSSR count). The molecule has 0 aliphatic heterocycles. The minimum atomic E-state index is -0.138. The molecule has 0 saturated carbocycles. The molecule has 0 fully saturated rings. The SMILES string of the molecule is CC(C)(CN)CC(=O)Nc1ccc2c(c1)CCC2. The van der Waals surface area contributed by atoms with Gasteiger partial charge >= 0.3 is 0 Å². The van der Waals surface area contributed by atoms with E-state index in [1.807, 2.05) is 19.9 Å². The standard InChI is InChI=1S/C15H22N2O/c1-15(2,10-16)9-14(18)17-13-7-6-11-4-3-5-12(11)8-13/h6-8H,3-5,9-10,16H2,1-2H3,(H,17,18). The summed E-state index contributed by atoms with van der Waals surface area (Å²) >= 11 is 0. The maximum atomic E-state index is 11.9. The second-order valence-electron chi connectivity index (χ2n) is 5.93. The lowest BCUT2D eigenvalue weighted by molar-refractivity contribution is -0.117. The molecule has 3 nitrogen and oxygen atoms in total. The predicted molar refractivity (Wildman–Crippen MR) is 74.5 cm³/mol. The van der Waals surface area contributed by atoms with Crippen LogP contribution >= 0.6 is 0 Å². The molecule has 0 aromatic heterocycles. The molecule has 0 heterocycles. The number of hydrogen-bond acceptors (Lipinski definition) is 2. The van der Waals surface area contributed by atoms with Gasteiger partial charge in [0.05, 0.1) is 0 Å². The molecule has 1 aromatic carbocycles. The van der Waals surface area contributed by atoms with Crippen molar-refractivity contribution in [2.45, 2.75) is 39.5 Å². The number of carbonyl (C=O) groups is 1. The summed E-state index contributed by atoms with van der Waals surface area (Å²) < 4.78 is 0. The molecule has 0 radical (unpaired) electrons. The summed E-state index contributed by atoms with van der Waals surface area (Å²) in [6.45, 7) is 4.54. The Balaban J connectivity index is 1.99. The molecule has 0 saturated heterocycles. The van der Waals surface area contributed by atoms with Crippen LogP contribution in [0.4, 0.5) is 5.69 Å². The van der Waals surface area contributed by atoms with E-state index in [-0.39, 0.29) is 11.3 Å². The quantitative estimate of drug-likeness (QED) is 0.857. The average molecular weight is 246 g/mol. The third-order valence-electron chi connectivity index (χ3n) is 3.57. The number of fused-ring (bicyclic) bond motifs is 1. The summed E-state index contributed by atoms with van der Waals surface area (Å²) in [6, 6.07) is 6.24. The number of aryl methyl sites for hydroxylation is 2. The largest absolute Gasteiger partial charge is 0.330 e. The van der Waals surface area contributed by atoms with Gasteiger partial charge in [-0.25, -0.2) is 0 Å². The second-order valence-corrected chi connectivity index (χ2v) is 5.93. The fourth-order valence-electron chi connectivity index (χ4n) is 2.36. The number of anilines is 1. The summed E-state index contributed by atoms with van der Waals surface area (Å²) in [7, 11) is 0. The summed E-state index contributed by atoms with van der Waals surface area (Å²) in [4.78, 5) is 11.9. The van der Waals surface area contributed by atoms with Gasteiger partial charge in [-0.05, 0) is 54.5 Å². The summed E-state index contributed by atoms with van der Waals surface area (Å²) in [5.74, 6) is 0.0448. The third kappa shape index (κ3) is 3.10. The van der Waals surface area contributed by atoms with Crippen molar-refractivity contribution in [2.75, 3.05) is 11.9 Å². The highest BCUT2D eigenvalue weighted by Gasteiger charge is 2.20. The average Bonchev–Trinajstić information content (AvgIpc) is 2.75. The highest BCUT2D eigenvalue weighted by atomic mass is 16.1. The highest BCUT2D eigenvalue weighted by molar-refractivity contribution is 5.91. The molecule has 1 aliphatic rings. The van der Waals surface area contributed by atoms with Crippen molar-refractivity contribution in [2.24, 2.45) is 11.1 Å². The number of hydrogen-bond donors (Lipinski definition) is 2. The summed E-state index contributed by atoms with van der Waals surface area (Å²) in [5.41, 5.74) is 9.22. The number of rotatable bonds is 4. The third-order valence-corrected chi connectivity index (χ3v) is 3.57. The fourth-order valence-corrected chi connectivity index (χ4v) is 2.36. The maximum Gasteiger partial charge on any atom is 0.224 e. The molecule has 1 aliphatic carbocycles. The van der Waals surface area contributed by atoms with E-state index in [0.717, 1.165) is 12.1 Å². The number of amides is 1. The van der Waals surface area contributed by atoms with Gasteiger partial charge < -0.3 is 11.1 Å². The van der Waals surface area contributed by atoms with Gasteiger partial charge in [-0.2, -0.15) is 0 Å². The van der Waals surface area contributed by atoms with Gasteiger partial charge in [0.2, 0.25) is 5.91 Å². The van der Waals surface area contributed by atoms with E-state index in [1.54, 1.807) is 0 Å². The molecular weight excluding hydrogens is 224 g/mol. The monoisotopic (exact) mass is 246 g/mol. The Hall–Kier alpha value is -1.35. The molecule has 18 heavy (non-hydrogen) atoms. The molecule has 3 N–H and O–H groups in total. The molecule has 1 amide bonds. The molecule has 0 bridgehead atoms. The Morgan fingerprint density at radius 2 is 2.06 bits per heavy atom. The van der Waals surface area contributed by atoms with Crippen LogP contribution < -0.4 is 11.1 Å². The van der Waals surface area contributed by atoms with E-state index >= 15 is 0 Å². The first-order valence-electron chi connectivity index (χ1n) is 6.62. The molecule has 1 aromatic rings. The van der Waals surface area contributed by atoms with Gasteiger partial charge in [0.15, 0.2) is 0 Å². The van der Waals surface area contributed by atoms with E-state index in [4.69, 9.17) is 5.73 Å². The smallest absolute Gasteiger partial charge is 0.224 e. The molecular formula is C15H22N2O. The number of nitrogens with two attached hydrogens (primary N) is 1. The Labute approximate surface area is 109 Å². The van der Waals surface area contributed by atoms with Crippen LogP contribution in [0.15, 0.2) is 18.2 Å². The van der Waals surface area contributed by atoms with Gasteiger partial charge in [0.25, 0.3) is 0 Å². The minimum absolute atomic E-state index is 0.0448. The van der Waals surface area contributed by atoms with Crippen LogP contribution in [0.5, 0.6) is 0 Å². The van der Waals surface area contributed by atoms with Gasteiger partial charge in [-0.3, -0.25) is 4.79 Å². The topological polar surface area (TPSA) is 55.1 Å². The van der Waals surface area contributed by atoms with Crippen LogP contribution in [0.3, 0.4) is 0 Å². The van der Waals surface area contributed by atoms with Crippen molar-refractivity contribution in [3.05, 3.63) is 29.3 Å². The van der Waals surface area contributed by atoms with Crippen LogP contribution in [0.25, 0.3) is 0 Å². The van der Waals surface area contributed by atoms with Crippen LogP contribution in [0.2, 0.25) is 0 Å². The zero-order valence-corrected chi connectivity index (χ0v) is 11.3. The zero-order valence-electron chi connectivity index (χ0n) is 11.3. The van der Waals surface area contributed by atoms with Gasteiger partial charge in [0, 0.05) is 12.1 Å². The van der Waals surface area contributed by atoms with Gasteiger partial charge in [-0.15, -0.1) is 0 Å². The first kappa shape index (κ1) is 13.1. The van der Waals surface area contributed by atoms with Crippen molar-refractivity contribution >= 4 is 11.6 Å². The first-order chi connectivity index (χ1) is 8.50. The Morgan fingerprint density at radius 1 is 1.33 bits per heavy atom. The Bertz CT molecular complexity index is 452. The molecule has 0 spiro atoms. The normalized spacial score (nSPS) is 14.4. The number of carbonyl (C=O) groups excluding carboxylic acids is 1. The highest BCUT2D eigenvalue weighted by Crippen LogP contribution is 2.25. The van der Waals surface area contributed by atoms with Crippen LogP contribution in [-0.2, 0) is 17.6 Å². The van der Waals surface area contributed by atoms with Crippen molar-refractivity contribution in [1.82, 2.24) is 0 Å². The van der Waals surface area contributed by atoms with E-state index in [1.165, 1.54) is 24.0 Å². The van der Waals surface area contributed by atoms with E-state index in [0.29, 0.717) is 13.0 Å². The molecule has 0 atom stereocenters. The first-order valence-corrected chi connectivity index (χ1v) is 6.62. The van der Waals surface area contributed by atoms with Crippen LogP contribution in [0.1, 0.15) is 37.8 Å². The lowest BCUT2D eigenvalue weighted by Gasteiger charge is -2.21. The van der Waals surface area contributed by atoms with Gasteiger partial charge in [0.1, 0.15) is 0 Å². The molecule has 98 valence electrons. The van der Waals surface area contributed by atoms with Gasteiger partial charge in [-0.1, -0.05) is 19.9 Å². The molecule has 3 heteroatoms. The summed E-state index contributed by atoms with van der Waals surface area (Å²) in [6.07, 6.45) is 3.99. The Kier molecular flexibility index (Phi) is 3.71. The zero-order chi connectivity index (χ0) is 13.2. The van der Waals surface area contributed by atoms with Crippen molar-refractivity contribution < 1.29 is 4.79 Å². The van der Waals surface area contributed by atoms with Crippen molar-refractivity contribution in [1.29, 1.82) is 0 Å². The number of nitrogens with one attached hydrogen (secondary N) is 1. The summed E-state index contributed by atoms with van der Waals surface area (Å²) in [5, 5.41) is 2.97. The lowest BCUT2D eigenvalue weighted by atomic mass is 9.89. The van der Waals surface area contributed by atoms with E-state index < -0.39 is 0 Å². The van der Waals surface area contributed by atoms with E-state index in [2.05, 4.69) is 17.4 Å².